The van der Waals surface area contributed by atoms with Gasteiger partial charge in [0.25, 0.3) is 0 Å². The number of rotatable bonds is 2. The second-order valence-electron chi connectivity index (χ2n) is 0.935. The summed E-state index contributed by atoms with van der Waals surface area (Å²) in [6.45, 7) is 0.0417. The van der Waals surface area contributed by atoms with Gasteiger partial charge in [0.05, 0.1) is 6.54 Å². The Morgan fingerprint density at radius 3 is 2.50 bits per heavy atom. The lowest BCUT2D eigenvalue weighted by molar-refractivity contribution is 0.741. The van der Waals surface area contributed by atoms with Crippen molar-refractivity contribution in [1.82, 2.24) is 5.32 Å². The second kappa shape index (κ2) is 2.78. The van der Waals surface area contributed by atoms with Gasteiger partial charge in [0.2, 0.25) is 0 Å². The van der Waals surface area contributed by atoms with E-state index in [1.165, 1.54) is 0 Å². The average Bonchev–Trinajstić information content (AvgIpc) is 1.35. The standard InChI is InChI=1S/C3H7FN2/c1-6-2-3(4)5/h5-6H,2H2,1H3. The van der Waals surface area contributed by atoms with Gasteiger partial charge in [0.15, 0.2) is 5.97 Å². The van der Waals surface area contributed by atoms with E-state index in [1.54, 1.807) is 7.05 Å². The van der Waals surface area contributed by atoms with Crippen molar-refractivity contribution in [2.24, 2.45) is 0 Å². The lowest BCUT2D eigenvalue weighted by atomic mass is 10.7. The van der Waals surface area contributed by atoms with Crippen LogP contribution in [0.15, 0.2) is 0 Å². The first-order valence-corrected chi connectivity index (χ1v) is 1.65. The summed E-state index contributed by atoms with van der Waals surface area (Å²) in [5, 5.41) is 8.63. The Bertz CT molecular complexity index is 52.8. The van der Waals surface area contributed by atoms with Crippen molar-refractivity contribution >= 4 is 5.97 Å². The van der Waals surface area contributed by atoms with E-state index < -0.39 is 5.97 Å². The van der Waals surface area contributed by atoms with Gasteiger partial charge < -0.3 is 5.32 Å². The summed E-state index contributed by atoms with van der Waals surface area (Å²) in [5.74, 6) is -0.822. The van der Waals surface area contributed by atoms with E-state index >= 15 is 0 Å². The molecule has 0 spiro atoms. The smallest absolute Gasteiger partial charge is 0.195 e. The molecular formula is C3H7FN2. The fraction of sp³-hybridized carbons (Fsp3) is 0.667. The lowest BCUT2D eigenvalue weighted by Crippen LogP contribution is -2.13. The highest BCUT2D eigenvalue weighted by Crippen LogP contribution is 1.64. The molecule has 0 radical (unpaired) electrons. The van der Waals surface area contributed by atoms with Crippen molar-refractivity contribution in [2.75, 3.05) is 13.6 Å². The lowest BCUT2D eigenvalue weighted by Gasteiger charge is -1.84. The highest BCUT2D eigenvalue weighted by Gasteiger charge is 1.82. The molecule has 0 aromatic heterocycles. The van der Waals surface area contributed by atoms with Crippen LogP contribution in [0.25, 0.3) is 0 Å². The normalized spacial score (nSPS) is 8.33. The number of hydrogen-bond donors (Lipinski definition) is 2. The predicted octanol–water partition coefficient (Wildman–Crippen LogP) is 0.153. The third kappa shape index (κ3) is 3.56. The molecule has 0 atom stereocenters. The van der Waals surface area contributed by atoms with Crippen molar-refractivity contribution in [3.63, 3.8) is 0 Å². The van der Waals surface area contributed by atoms with Gasteiger partial charge >= 0.3 is 0 Å². The molecule has 0 aromatic carbocycles. The van der Waals surface area contributed by atoms with Crippen molar-refractivity contribution < 1.29 is 4.39 Å². The molecule has 0 bridgehead atoms. The van der Waals surface area contributed by atoms with E-state index in [0.29, 0.717) is 0 Å². The first kappa shape index (κ1) is 5.56. The molecule has 0 unspecified atom stereocenters. The molecule has 0 heterocycles. The zero-order valence-electron chi connectivity index (χ0n) is 3.59. The van der Waals surface area contributed by atoms with Crippen LogP contribution in [0.1, 0.15) is 0 Å². The number of hydrogen-bond acceptors (Lipinski definition) is 2. The van der Waals surface area contributed by atoms with Gasteiger partial charge in [-0.05, 0) is 7.05 Å². The van der Waals surface area contributed by atoms with E-state index in [2.05, 4.69) is 5.32 Å². The Labute approximate surface area is 35.9 Å². The molecule has 0 saturated heterocycles. The molecular weight excluding hydrogens is 83.0 g/mol. The van der Waals surface area contributed by atoms with Crippen LogP contribution in [0.4, 0.5) is 4.39 Å². The van der Waals surface area contributed by atoms with Crippen LogP contribution in [-0.4, -0.2) is 19.6 Å². The average molecular weight is 90.1 g/mol. The minimum atomic E-state index is -0.822. The second-order valence-corrected chi connectivity index (χ2v) is 0.935. The summed E-state index contributed by atoms with van der Waals surface area (Å²) >= 11 is 0. The van der Waals surface area contributed by atoms with Crippen LogP contribution >= 0.6 is 0 Å². The van der Waals surface area contributed by atoms with Crippen molar-refractivity contribution in [3.8, 4) is 0 Å². The Morgan fingerprint density at radius 2 is 2.50 bits per heavy atom. The molecule has 0 saturated carbocycles. The van der Waals surface area contributed by atoms with E-state index in [0.717, 1.165) is 0 Å². The quantitative estimate of drug-likeness (QED) is 0.465. The molecule has 0 fully saturated rings. The van der Waals surface area contributed by atoms with E-state index in [9.17, 15) is 4.39 Å². The summed E-state index contributed by atoms with van der Waals surface area (Å²) in [6, 6.07) is 0. The third-order valence-corrected chi connectivity index (χ3v) is 0.332. The Kier molecular flexibility index (Phi) is 2.58. The summed E-state index contributed by atoms with van der Waals surface area (Å²) in [5.41, 5.74) is 0. The minimum Gasteiger partial charge on any atom is -0.312 e. The molecule has 36 valence electrons. The van der Waals surface area contributed by atoms with Crippen LogP contribution in [0, 0.1) is 5.41 Å². The maximum Gasteiger partial charge on any atom is 0.195 e. The van der Waals surface area contributed by atoms with E-state index in [-0.39, 0.29) is 6.54 Å². The Hall–Kier alpha value is -0.440. The number of nitrogens with one attached hydrogen (secondary N) is 2. The zero-order valence-corrected chi connectivity index (χ0v) is 3.59. The third-order valence-electron chi connectivity index (χ3n) is 0.332. The van der Waals surface area contributed by atoms with Gasteiger partial charge in [-0.1, -0.05) is 0 Å². The van der Waals surface area contributed by atoms with Crippen molar-refractivity contribution in [1.29, 1.82) is 5.41 Å². The largest absolute Gasteiger partial charge is 0.312 e. The van der Waals surface area contributed by atoms with Crippen LogP contribution in [0.5, 0.6) is 0 Å². The fourth-order valence-electron chi connectivity index (χ4n) is 0.155. The van der Waals surface area contributed by atoms with Crippen LogP contribution in [-0.2, 0) is 0 Å². The van der Waals surface area contributed by atoms with Gasteiger partial charge in [0, 0.05) is 0 Å². The fourth-order valence-corrected chi connectivity index (χ4v) is 0.155. The van der Waals surface area contributed by atoms with E-state index in [4.69, 9.17) is 5.41 Å². The molecule has 0 aliphatic carbocycles. The molecule has 3 heteroatoms. The van der Waals surface area contributed by atoms with Crippen LogP contribution in [0.3, 0.4) is 0 Å². The monoisotopic (exact) mass is 90.1 g/mol. The maximum atomic E-state index is 11.2. The van der Waals surface area contributed by atoms with Gasteiger partial charge in [-0.25, -0.2) is 0 Å². The number of halogens is 1. The van der Waals surface area contributed by atoms with Gasteiger partial charge in [-0.2, -0.15) is 4.39 Å². The maximum absolute atomic E-state index is 11.2. The van der Waals surface area contributed by atoms with Crippen molar-refractivity contribution in [3.05, 3.63) is 0 Å². The van der Waals surface area contributed by atoms with Gasteiger partial charge in [-0.15, -0.1) is 0 Å². The first-order valence-electron chi connectivity index (χ1n) is 1.65. The Morgan fingerprint density at radius 1 is 2.00 bits per heavy atom. The Balaban J connectivity index is 2.83. The summed E-state index contributed by atoms with van der Waals surface area (Å²) in [7, 11) is 1.59. The molecule has 2 nitrogen and oxygen atoms in total. The predicted molar refractivity (Wildman–Crippen MR) is 22.8 cm³/mol. The minimum absolute atomic E-state index is 0.0417. The van der Waals surface area contributed by atoms with Gasteiger partial charge in [0.1, 0.15) is 0 Å². The summed E-state index contributed by atoms with van der Waals surface area (Å²) in [4.78, 5) is 0. The topological polar surface area (TPSA) is 35.9 Å². The molecule has 2 N–H and O–H groups in total. The molecule has 0 aliphatic heterocycles. The summed E-state index contributed by atoms with van der Waals surface area (Å²) in [6.07, 6.45) is 0. The first-order chi connectivity index (χ1) is 2.77. The molecule has 0 aromatic rings. The van der Waals surface area contributed by atoms with E-state index in [1.807, 2.05) is 0 Å². The molecule has 0 rings (SSSR count). The van der Waals surface area contributed by atoms with Crippen molar-refractivity contribution in [2.45, 2.75) is 0 Å². The molecule has 6 heavy (non-hydrogen) atoms. The SMILES string of the molecule is CNCC(=N)F. The summed E-state index contributed by atoms with van der Waals surface area (Å²) < 4.78 is 11.2. The highest BCUT2D eigenvalue weighted by molar-refractivity contribution is 5.73. The molecule has 0 amide bonds. The molecule has 0 aliphatic rings. The zero-order chi connectivity index (χ0) is 4.99. The highest BCUT2D eigenvalue weighted by atomic mass is 19.1. The van der Waals surface area contributed by atoms with Crippen LogP contribution in [0.2, 0.25) is 0 Å². The van der Waals surface area contributed by atoms with Crippen LogP contribution < -0.4 is 5.32 Å². The van der Waals surface area contributed by atoms with Gasteiger partial charge in [-0.3, -0.25) is 5.41 Å².